The van der Waals surface area contributed by atoms with Gasteiger partial charge in [0.15, 0.2) is 0 Å². The Balaban J connectivity index is 1.85. The van der Waals surface area contributed by atoms with Gasteiger partial charge in [0.25, 0.3) is 0 Å². The number of benzene rings is 1. The van der Waals surface area contributed by atoms with Crippen LogP contribution in [0.25, 0.3) is 0 Å². The Morgan fingerprint density at radius 2 is 2.18 bits per heavy atom. The van der Waals surface area contributed by atoms with Crippen LogP contribution in [0, 0.1) is 0 Å². The molecule has 0 radical (unpaired) electrons. The third-order valence-electron chi connectivity index (χ3n) is 2.29. The molecule has 0 unspecified atom stereocenters. The lowest BCUT2D eigenvalue weighted by atomic mass is 10.2. The third kappa shape index (κ3) is 3.98. The molecule has 2 aromatic rings. The van der Waals surface area contributed by atoms with E-state index in [1.807, 2.05) is 35.7 Å². The molecule has 0 atom stereocenters. The number of hydrogen-bond acceptors (Lipinski definition) is 2. The molecule has 0 bridgehead atoms. The largest absolute Gasteiger partial charge is 0.326 e. The predicted molar refractivity (Wildman–Crippen MR) is 75.4 cm³/mol. The van der Waals surface area contributed by atoms with Crippen molar-refractivity contribution in [2.45, 2.75) is 12.8 Å². The molecule has 0 aliphatic rings. The maximum absolute atomic E-state index is 11.7. The highest BCUT2D eigenvalue weighted by atomic mass is 79.9. The molecule has 0 fully saturated rings. The van der Waals surface area contributed by atoms with Gasteiger partial charge in [-0.15, -0.1) is 11.3 Å². The molecule has 0 saturated carbocycles. The Labute approximate surface area is 113 Å². The van der Waals surface area contributed by atoms with E-state index in [0.717, 1.165) is 16.6 Å². The lowest BCUT2D eigenvalue weighted by Gasteiger charge is -2.04. The number of rotatable bonds is 4. The highest BCUT2D eigenvalue weighted by Crippen LogP contribution is 2.16. The molecule has 0 saturated heterocycles. The van der Waals surface area contributed by atoms with Gasteiger partial charge in [-0.3, -0.25) is 4.79 Å². The molecule has 88 valence electrons. The molecule has 2 nitrogen and oxygen atoms in total. The van der Waals surface area contributed by atoms with Gasteiger partial charge in [0.05, 0.1) is 0 Å². The topological polar surface area (TPSA) is 29.1 Å². The van der Waals surface area contributed by atoms with Crippen molar-refractivity contribution in [2.75, 3.05) is 5.32 Å². The van der Waals surface area contributed by atoms with E-state index >= 15 is 0 Å². The zero-order valence-corrected chi connectivity index (χ0v) is 11.6. The Morgan fingerprint density at radius 1 is 1.29 bits per heavy atom. The van der Waals surface area contributed by atoms with Crippen molar-refractivity contribution >= 4 is 38.9 Å². The minimum atomic E-state index is 0.0523. The van der Waals surface area contributed by atoms with Crippen molar-refractivity contribution in [3.8, 4) is 0 Å². The van der Waals surface area contributed by atoms with Gasteiger partial charge in [-0.1, -0.05) is 28.1 Å². The van der Waals surface area contributed by atoms with E-state index in [0.29, 0.717) is 6.42 Å². The summed E-state index contributed by atoms with van der Waals surface area (Å²) in [5.41, 5.74) is 0.829. The zero-order valence-electron chi connectivity index (χ0n) is 9.15. The highest BCUT2D eigenvalue weighted by Gasteiger charge is 2.03. The van der Waals surface area contributed by atoms with Crippen molar-refractivity contribution < 1.29 is 4.79 Å². The number of carbonyl (C=O) groups is 1. The molecule has 1 N–H and O–H groups in total. The minimum Gasteiger partial charge on any atom is -0.326 e. The van der Waals surface area contributed by atoms with Crippen molar-refractivity contribution in [2.24, 2.45) is 0 Å². The van der Waals surface area contributed by atoms with Crippen LogP contribution in [0.2, 0.25) is 0 Å². The van der Waals surface area contributed by atoms with Gasteiger partial charge < -0.3 is 5.32 Å². The Morgan fingerprint density at radius 3 is 2.88 bits per heavy atom. The maximum Gasteiger partial charge on any atom is 0.224 e. The highest BCUT2D eigenvalue weighted by molar-refractivity contribution is 9.10. The summed E-state index contributed by atoms with van der Waals surface area (Å²) in [4.78, 5) is 12.9. The molecular weight excluding hydrogens is 298 g/mol. The molecule has 1 aromatic carbocycles. The van der Waals surface area contributed by atoms with Crippen LogP contribution < -0.4 is 5.32 Å². The number of anilines is 1. The number of aryl methyl sites for hydroxylation is 1. The molecule has 1 aromatic heterocycles. The van der Waals surface area contributed by atoms with Gasteiger partial charge in [0, 0.05) is 21.5 Å². The Bertz CT molecular complexity index is 496. The second-order valence-electron chi connectivity index (χ2n) is 3.64. The average Bonchev–Trinajstić information content (AvgIpc) is 2.79. The summed E-state index contributed by atoms with van der Waals surface area (Å²) in [7, 11) is 0. The number of carbonyl (C=O) groups excluding carboxylic acids is 1. The normalized spacial score (nSPS) is 10.2. The van der Waals surface area contributed by atoms with Crippen LogP contribution in [0.1, 0.15) is 11.3 Å². The first-order valence-electron chi connectivity index (χ1n) is 5.32. The zero-order chi connectivity index (χ0) is 12.1. The van der Waals surface area contributed by atoms with E-state index in [1.165, 1.54) is 4.88 Å². The van der Waals surface area contributed by atoms with Crippen LogP contribution in [0.3, 0.4) is 0 Å². The molecule has 17 heavy (non-hydrogen) atoms. The minimum absolute atomic E-state index is 0.0523. The summed E-state index contributed by atoms with van der Waals surface area (Å²) in [6.45, 7) is 0. The first-order chi connectivity index (χ1) is 8.24. The van der Waals surface area contributed by atoms with Gasteiger partial charge in [-0.25, -0.2) is 0 Å². The molecule has 4 heteroatoms. The Hall–Kier alpha value is -1.13. The summed E-state index contributed by atoms with van der Waals surface area (Å²) < 4.78 is 0.966. The Kier molecular flexibility index (Phi) is 4.34. The summed E-state index contributed by atoms with van der Waals surface area (Å²) in [5, 5.41) is 4.91. The van der Waals surface area contributed by atoms with E-state index in [9.17, 15) is 4.79 Å². The van der Waals surface area contributed by atoms with Crippen molar-refractivity contribution in [3.05, 3.63) is 51.1 Å². The molecule has 2 rings (SSSR count). The molecule has 1 amide bonds. The van der Waals surface area contributed by atoms with E-state index in [1.54, 1.807) is 11.3 Å². The van der Waals surface area contributed by atoms with Crippen LogP contribution in [0.4, 0.5) is 5.69 Å². The summed E-state index contributed by atoms with van der Waals surface area (Å²) >= 11 is 5.06. The summed E-state index contributed by atoms with van der Waals surface area (Å²) in [6.07, 6.45) is 1.32. The number of halogens is 1. The van der Waals surface area contributed by atoms with Crippen LogP contribution in [0.5, 0.6) is 0 Å². The monoisotopic (exact) mass is 309 g/mol. The van der Waals surface area contributed by atoms with Gasteiger partial charge in [0.2, 0.25) is 5.91 Å². The lowest BCUT2D eigenvalue weighted by molar-refractivity contribution is -0.116. The molecule has 0 spiro atoms. The van der Waals surface area contributed by atoms with Crippen molar-refractivity contribution in [1.29, 1.82) is 0 Å². The first kappa shape index (κ1) is 12.3. The second kappa shape index (κ2) is 5.98. The number of hydrogen-bond donors (Lipinski definition) is 1. The second-order valence-corrected chi connectivity index (χ2v) is 5.59. The van der Waals surface area contributed by atoms with Crippen LogP contribution in [0.15, 0.2) is 46.3 Å². The van der Waals surface area contributed by atoms with Gasteiger partial charge >= 0.3 is 0 Å². The number of nitrogens with one attached hydrogen (secondary N) is 1. The molecule has 0 aliphatic heterocycles. The van der Waals surface area contributed by atoms with Gasteiger partial charge in [0.1, 0.15) is 0 Å². The SMILES string of the molecule is O=C(CCc1cccs1)Nc1cccc(Br)c1. The third-order valence-corrected chi connectivity index (χ3v) is 3.72. The van der Waals surface area contributed by atoms with E-state index < -0.39 is 0 Å². The summed E-state index contributed by atoms with van der Waals surface area (Å²) in [6, 6.07) is 11.7. The van der Waals surface area contributed by atoms with E-state index in [2.05, 4.69) is 27.3 Å². The molecular formula is C13H12BrNOS. The van der Waals surface area contributed by atoms with Crippen molar-refractivity contribution in [3.63, 3.8) is 0 Å². The standard InChI is InChI=1S/C13H12BrNOS/c14-10-3-1-4-11(9-10)15-13(16)7-6-12-5-2-8-17-12/h1-5,8-9H,6-7H2,(H,15,16). The van der Waals surface area contributed by atoms with E-state index in [-0.39, 0.29) is 5.91 Å². The fourth-order valence-electron chi connectivity index (χ4n) is 1.48. The maximum atomic E-state index is 11.7. The quantitative estimate of drug-likeness (QED) is 0.906. The van der Waals surface area contributed by atoms with E-state index in [4.69, 9.17) is 0 Å². The van der Waals surface area contributed by atoms with Crippen LogP contribution in [-0.2, 0) is 11.2 Å². The van der Waals surface area contributed by atoms with Crippen molar-refractivity contribution in [1.82, 2.24) is 0 Å². The smallest absolute Gasteiger partial charge is 0.224 e. The van der Waals surface area contributed by atoms with Gasteiger partial charge in [-0.05, 0) is 36.1 Å². The molecule has 0 aliphatic carbocycles. The molecule has 1 heterocycles. The first-order valence-corrected chi connectivity index (χ1v) is 6.99. The van der Waals surface area contributed by atoms with Crippen LogP contribution >= 0.6 is 27.3 Å². The predicted octanol–water partition coefficient (Wildman–Crippen LogP) is 4.08. The number of thiophene rings is 1. The van der Waals surface area contributed by atoms with Gasteiger partial charge in [-0.2, -0.15) is 0 Å². The fraction of sp³-hybridized carbons (Fsp3) is 0.154. The number of amides is 1. The van der Waals surface area contributed by atoms with Crippen LogP contribution in [-0.4, -0.2) is 5.91 Å². The fourth-order valence-corrected chi connectivity index (χ4v) is 2.59. The average molecular weight is 310 g/mol. The lowest BCUT2D eigenvalue weighted by Crippen LogP contribution is -2.11. The summed E-state index contributed by atoms with van der Waals surface area (Å²) in [5.74, 6) is 0.0523.